The van der Waals surface area contributed by atoms with Crippen LogP contribution in [0.25, 0.3) is 0 Å². The minimum Gasteiger partial charge on any atom is -0.479 e. The Labute approximate surface area is 117 Å². The van der Waals surface area contributed by atoms with E-state index in [0.717, 1.165) is 5.56 Å². The Hall–Kier alpha value is -2.04. The van der Waals surface area contributed by atoms with Gasteiger partial charge in [0.25, 0.3) is 0 Å². The number of carbonyl (C=O) groups excluding carboxylic acids is 1. The van der Waals surface area contributed by atoms with Crippen LogP contribution in [0.4, 0.5) is 4.79 Å². The summed E-state index contributed by atoms with van der Waals surface area (Å²) < 4.78 is 5.26. The SMILES string of the molecule is C[C@@H]1[C@@H]2CN(C(=O)OCc3ccccc3)[C@@]1(C(=O)O)C2. The van der Waals surface area contributed by atoms with E-state index in [1.165, 1.54) is 4.90 Å². The molecule has 1 aliphatic carbocycles. The van der Waals surface area contributed by atoms with Crippen LogP contribution in [-0.4, -0.2) is 34.2 Å². The highest BCUT2D eigenvalue weighted by molar-refractivity contribution is 5.87. The molecule has 2 saturated heterocycles. The largest absolute Gasteiger partial charge is 0.479 e. The van der Waals surface area contributed by atoms with Crippen molar-refractivity contribution in [2.75, 3.05) is 6.54 Å². The van der Waals surface area contributed by atoms with Crippen molar-refractivity contribution < 1.29 is 19.4 Å². The zero-order chi connectivity index (χ0) is 14.3. The molecule has 106 valence electrons. The van der Waals surface area contributed by atoms with E-state index in [1.54, 1.807) is 0 Å². The molecular weight excluding hydrogens is 258 g/mol. The van der Waals surface area contributed by atoms with Crippen molar-refractivity contribution >= 4 is 12.1 Å². The molecule has 5 heteroatoms. The predicted molar refractivity (Wildman–Crippen MR) is 71.0 cm³/mol. The summed E-state index contributed by atoms with van der Waals surface area (Å²) in [4.78, 5) is 25.1. The van der Waals surface area contributed by atoms with Gasteiger partial charge in [-0.25, -0.2) is 9.59 Å². The zero-order valence-corrected chi connectivity index (χ0v) is 11.3. The first kappa shape index (κ1) is 13.0. The van der Waals surface area contributed by atoms with Crippen LogP contribution in [0, 0.1) is 11.8 Å². The molecule has 1 saturated carbocycles. The quantitative estimate of drug-likeness (QED) is 0.917. The lowest BCUT2D eigenvalue weighted by molar-refractivity contribution is -0.156. The molecular formula is C15H17NO4. The lowest BCUT2D eigenvalue weighted by atomic mass is 9.64. The van der Waals surface area contributed by atoms with Gasteiger partial charge in [-0.2, -0.15) is 0 Å². The van der Waals surface area contributed by atoms with E-state index < -0.39 is 17.6 Å². The third-order valence-corrected chi connectivity index (χ3v) is 4.73. The number of carboxylic acids is 1. The second-order valence-electron chi connectivity index (χ2n) is 5.63. The number of amides is 1. The van der Waals surface area contributed by atoms with E-state index in [4.69, 9.17) is 4.74 Å². The second kappa shape index (κ2) is 4.51. The summed E-state index contributed by atoms with van der Waals surface area (Å²) >= 11 is 0. The number of benzene rings is 1. The molecule has 3 aliphatic rings. The number of rotatable bonds is 3. The van der Waals surface area contributed by atoms with Crippen LogP contribution < -0.4 is 0 Å². The molecule has 1 amide bonds. The average Bonchev–Trinajstić information content (AvgIpc) is 2.99. The maximum Gasteiger partial charge on any atom is 0.411 e. The van der Waals surface area contributed by atoms with Gasteiger partial charge in [0, 0.05) is 6.54 Å². The summed E-state index contributed by atoms with van der Waals surface area (Å²) in [5.74, 6) is -0.630. The van der Waals surface area contributed by atoms with Gasteiger partial charge >= 0.3 is 12.1 Å². The van der Waals surface area contributed by atoms with Crippen molar-refractivity contribution in [2.24, 2.45) is 11.8 Å². The molecule has 0 spiro atoms. The van der Waals surface area contributed by atoms with Crippen molar-refractivity contribution in [1.29, 1.82) is 0 Å². The second-order valence-corrected chi connectivity index (χ2v) is 5.63. The van der Waals surface area contributed by atoms with Gasteiger partial charge in [-0.15, -0.1) is 0 Å². The number of hydrogen-bond acceptors (Lipinski definition) is 3. The third-order valence-electron chi connectivity index (χ3n) is 4.73. The van der Waals surface area contributed by atoms with E-state index in [0.29, 0.717) is 13.0 Å². The standard InChI is InChI=1S/C15H17NO4/c1-10-12-7-15(10,13(17)18)16(8-12)14(19)20-9-11-5-3-2-4-6-11/h2-6,10,12H,7-9H2,1H3,(H,17,18)/t10-,12+,15+/m1/s1. The van der Waals surface area contributed by atoms with E-state index in [-0.39, 0.29) is 18.4 Å². The van der Waals surface area contributed by atoms with Gasteiger partial charge in [-0.1, -0.05) is 37.3 Å². The van der Waals surface area contributed by atoms with E-state index in [2.05, 4.69) is 0 Å². The fourth-order valence-corrected chi connectivity index (χ4v) is 3.40. The molecule has 3 fully saturated rings. The predicted octanol–water partition coefficient (Wildman–Crippen LogP) is 2.12. The minimum absolute atomic E-state index is 0.00396. The van der Waals surface area contributed by atoms with Crippen LogP contribution in [0.15, 0.2) is 30.3 Å². The smallest absolute Gasteiger partial charge is 0.411 e. The summed E-state index contributed by atoms with van der Waals surface area (Å²) in [7, 11) is 0. The van der Waals surface area contributed by atoms with Crippen LogP contribution in [-0.2, 0) is 16.1 Å². The molecule has 4 rings (SSSR count). The number of aliphatic carboxylic acids is 1. The molecule has 2 heterocycles. The molecule has 0 unspecified atom stereocenters. The molecule has 1 N–H and O–H groups in total. The van der Waals surface area contributed by atoms with Gasteiger partial charge in [0.15, 0.2) is 0 Å². The molecule has 3 atom stereocenters. The number of hydrogen-bond donors (Lipinski definition) is 1. The summed E-state index contributed by atoms with van der Waals surface area (Å²) in [5, 5.41) is 9.44. The average molecular weight is 275 g/mol. The zero-order valence-electron chi connectivity index (χ0n) is 11.3. The van der Waals surface area contributed by atoms with E-state index >= 15 is 0 Å². The fourth-order valence-electron chi connectivity index (χ4n) is 3.40. The lowest BCUT2D eigenvalue weighted by Gasteiger charge is -2.43. The molecule has 2 aliphatic heterocycles. The molecule has 1 aromatic carbocycles. The van der Waals surface area contributed by atoms with Crippen molar-refractivity contribution in [2.45, 2.75) is 25.5 Å². The Bertz CT molecular complexity index is 544. The Morgan fingerprint density at radius 3 is 2.70 bits per heavy atom. The Kier molecular flexibility index (Phi) is 2.92. The van der Waals surface area contributed by atoms with Gasteiger partial charge in [0.05, 0.1) is 0 Å². The Balaban J connectivity index is 1.68. The number of nitrogens with zero attached hydrogens (tertiary/aromatic N) is 1. The van der Waals surface area contributed by atoms with Gasteiger partial charge in [0.1, 0.15) is 12.1 Å². The van der Waals surface area contributed by atoms with Gasteiger partial charge in [-0.05, 0) is 23.8 Å². The first-order valence-electron chi connectivity index (χ1n) is 6.77. The summed E-state index contributed by atoms with van der Waals surface area (Å²) in [5.41, 5.74) is -0.150. The van der Waals surface area contributed by atoms with Crippen molar-refractivity contribution in [3.8, 4) is 0 Å². The number of carbonyl (C=O) groups is 2. The lowest BCUT2D eigenvalue weighted by Crippen LogP contribution is -2.59. The monoisotopic (exact) mass is 275 g/mol. The number of fused-ring (bicyclic) bond motifs is 1. The maximum absolute atomic E-state index is 12.2. The molecule has 5 nitrogen and oxygen atoms in total. The number of carboxylic acid groups (broad SMARTS) is 1. The topological polar surface area (TPSA) is 66.8 Å². The summed E-state index contributed by atoms with van der Waals surface area (Å²) in [6, 6.07) is 9.37. The Morgan fingerprint density at radius 2 is 2.10 bits per heavy atom. The molecule has 0 aromatic heterocycles. The van der Waals surface area contributed by atoms with Crippen LogP contribution in [0.1, 0.15) is 18.9 Å². The van der Waals surface area contributed by atoms with Crippen LogP contribution in [0.5, 0.6) is 0 Å². The van der Waals surface area contributed by atoms with Crippen molar-refractivity contribution in [1.82, 2.24) is 4.90 Å². The minimum atomic E-state index is -1.04. The third kappa shape index (κ3) is 1.69. The van der Waals surface area contributed by atoms with Crippen LogP contribution in [0.3, 0.4) is 0 Å². The summed E-state index contributed by atoms with van der Waals surface area (Å²) in [6.07, 6.45) is 0.0207. The molecule has 0 radical (unpaired) electrons. The van der Waals surface area contributed by atoms with Gasteiger partial charge < -0.3 is 9.84 Å². The van der Waals surface area contributed by atoms with Gasteiger partial charge in [-0.3, -0.25) is 4.90 Å². The Morgan fingerprint density at radius 1 is 1.40 bits per heavy atom. The first-order chi connectivity index (χ1) is 9.55. The highest BCUT2D eigenvalue weighted by Gasteiger charge is 2.68. The van der Waals surface area contributed by atoms with Crippen molar-refractivity contribution in [3.63, 3.8) is 0 Å². The highest BCUT2D eigenvalue weighted by atomic mass is 16.6. The summed E-state index contributed by atoms with van der Waals surface area (Å²) in [6.45, 7) is 2.55. The number of ether oxygens (including phenoxy) is 1. The van der Waals surface area contributed by atoms with Gasteiger partial charge in [0.2, 0.25) is 0 Å². The van der Waals surface area contributed by atoms with Crippen molar-refractivity contribution in [3.05, 3.63) is 35.9 Å². The normalized spacial score (nSPS) is 30.8. The van der Waals surface area contributed by atoms with Crippen LogP contribution in [0.2, 0.25) is 0 Å². The first-order valence-corrected chi connectivity index (χ1v) is 6.77. The molecule has 20 heavy (non-hydrogen) atoms. The maximum atomic E-state index is 12.2. The highest BCUT2D eigenvalue weighted by Crippen LogP contribution is 2.55. The fraction of sp³-hybridized carbons (Fsp3) is 0.467. The molecule has 2 bridgehead atoms. The van der Waals surface area contributed by atoms with E-state index in [1.807, 2.05) is 37.3 Å². The van der Waals surface area contributed by atoms with E-state index in [9.17, 15) is 14.7 Å². The van der Waals surface area contributed by atoms with Crippen LogP contribution >= 0.6 is 0 Å². The molecule has 1 aromatic rings.